The van der Waals surface area contributed by atoms with Crippen LogP contribution in [0, 0.1) is 16.4 Å². The van der Waals surface area contributed by atoms with E-state index in [4.69, 9.17) is 17.0 Å². The van der Waals surface area contributed by atoms with E-state index in [1.54, 1.807) is 25.3 Å². The predicted octanol–water partition coefficient (Wildman–Crippen LogP) is 4.74. The van der Waals surface area contributed by atoms with Crippen LogP contribution in [0.1, 0.15) is 0 Å². The summed E-state index contributed by atoms with van der Waals surface area (Å²) in [4.78, 5) is 2.92. The second-order valence-corrected chi connectivity index (χ2v) is 5.67. The number of nitrogens with one attached hydrogen (secondary N) is 1. The van der Waals surface area contributed by atoms with Gasteiger partial charge in [0.25, 0.3) is 0 Å². The Morgan fingerprint density at radius 3 is 2.48 bits per heavy atom. The summed E-state index contributed by atoms with van der Waals surface area (Å²) in [5.41, 5.74) is 1.00. The van der Waals surface area contributed by atoms with E-state index >= 15 is 0 Å². The summed E-state index contributed by atoms with van der Waals surface area (Å²) < 4.78 is 35.3. The highest BCUT2D eigenvalue weighted by atomic mass is 79.9. The third-order valence-electron chi connectivity index (χ3n) is 3.09. The van der Waals surface area contributed by atoms with Crippen LogP contribution >= 0.6 is 28.1 Å². The molecule has 0 saturated carbocycles. The average molecular weight is 371 g/mol. The van der Waals surface area contributed by atoms with E-state index in [-0.39, 0.29) is 10.5 Å². The molecule has 0 bridgehead atoms. The number of nitrogens with zero attached hydrogens (tertiary/aromatic N) is 1. The lowest BCUT2D eigenvalue weighted by atomic mass is 10.2. The number of halogens is 3. The van der Waals surface area contributed by atoms with Gasteiger partial charge in [0, 0.05) is 10.5 Å². The minimum absolute atomic E-state index is 0.207. The lowest BCUT2D eigenvalue weighted by Crippen LogP contribution is -2.02. The molecular formula is C14H9BrF2N2OS. The number of benzene rings is 2. The van der Waals surface area contributed by atoms with Crippen LogP contribution in [-0.4, -0.2) is 16.7 Å². The van der Waals surface area contributed by atoms with E-state index in [1.807, 2.05) is 0 Å². The van der Waals surface area contributed by atoms with Crippen molar-refractivity contribution in [3.63, 3.8) is 0 Å². The molecule has 0 saturated heterocycles. The molecule has 1 heterocycles. The first kappa shape index (κ1) is 14.2. The van der Waals surface area contributed by atoms with Crippen LogP contribution in [0.5, 0.6) is 5.75 Å². The Bertz CT molecular complexity index is 881. The van der Waals surface area contributed by atoms with Gasteiger partial charge in [0.2, 0.25) is 0 Å². The summed E-state index contributed by atoms with van der Waals surface area (Å²) in [5, 5.41) is 0. The first-order valence-corrected chi connectivity index (χ1v) is 7.15. The molecule has 1 N–H and O–H groups in total. The molecule has 3 aromatic rings. The van der Waals surface area contributed by atoms with Crippen molar-refractivity contribution in [2.75, 3.05) is 7.11 Å². The van der Waals surface area contributed by atoms with Crippen LogP contribution < -0.4 is 4.74 Å². The second kappa shape index (κ2) is 5.23. The quantitative estimate of drug-likeness (QED) is 0.660. The zero-order chi connectivity index (χ0) is 15.1. The number of aromatic nitrogens is 2. The molecule has 108 valence electrons. The van der Waals surface area contributed by atoms with Crippen molar-refractivity contribution < 1.29 is 13.5 Å². The smallest absolute Gasteiger partial charge is 0.182 e. The molecule has 2 aromatic carbocycles. The topological polar surface area (TPSA) is 29.9 Å². The molecule has 1 aromatic heterocycles. The predicted molar refractivity (Wildman–Crippen MR) is 82.6 cm³/mol. The Morgan fingerprint density at radius 1 is 1.19 bits per heavy atom. The first-order chi connectivity index (χ1) is 10.0. The summed E-state index contributed by atoms with van der Waals surface area (Å²) in [6, 6.07) is 7.51. The Balaban J connectivity index is 2.36. The van der Waals surface area contributed by atoms with Crippen LogP contribution in [0.4, 0.5) is 8.78 Å². The van der Waals surface area contributed by atoms with Crippen molar-refractivity contribution >= 4 is 39.2 Å². The molecule has 0 amide bonds. The van der Waals surface area contributed by atoms with Gasteiger partial charge in [-0.15, -0.1) is 0 Å². The minimum Gasteiger partial charge on any atom is -0.497 e. The van der Waals surface area contributed by atoms with Crippen molar-refractivity contribution in [1.82, 2.24) is 9.55 Å². The highest BCUT2D eigenvalue weighted by molar-refractivity contribution is 9.10. The van der Waals surface area contributed by atoms with E-state index in [0.29, 0.717) is 21.3 Å². The first-order valence-electron chi connectivity index (χ1n) is 5.95. The van der Waals surface area contributed by atoms with Gasteiger partial charge in [0.05, 0.1) is 18.1 Å². The van der Waals surface area contributed by atoms with E-state index in [1.165, 1.54) is 16.7 Å². The number of hydrogen-bond donors (Lipinski definition) is 1. The number of methoxy groups -OCH3 is 1. The minimum atomic E-state index is -0.699. The molecular weight excluding hydrogens is 362 g/mol. The third kappa shape index (κ3) is 2.36. The Morgan fingerprint density at radius 2 is 1.86 bits per heavy atom. The van der Waals surface area contributed by atoms with Gasteiger partial charge in [-0.05, 0) is 36.5 Å². The van der Waals surface area contributed by atoms with Crippen molar-refractivity contribution in [1.29, 1.82) is 0 Å². The maximum absolute atomic E-state index is 14.2. The summed E-state index contributed by atoms with van der Waals surface area (Å²) in [7, 11) is 1.54. The highest BCUT2D eigenvalue weighted by Crippen LogP contribution is 2.28. The maximum atomic E-state index is 14.2. The molecule has 0 spiro atoms. The van der Waals surface area contributed by atoms with Gasteiger partial charge in [-0.2, -0.15) is 0 Å². The van der Waals surface area contributed by atoms with Crippen molar-refractivity contribution in [2.45, 2.75) is 0 Å². The molecule has 3 rings (SSSR count). The van der Waals surface area contributed by atoms with Gasteiger partial charge in [-0.1, -0.05) is 15.9 Å². The molecule has 3 nitrogen and oxygen atoms in total. The number of aromatic amines is 1. The van der Waals surface area contributed by atoms with E-state index < -0.39 is 11.6 Å². The molecule has 0 radical (unpaired) electrons. The molecule has 0 aliphatic heterocycles. The van der Waals surface area contributed by atoms with Crippen LogP contribution in [0.15, 0.2) is 34.8 Å². The number of imidazole rings is 1. The van der Waals surface area contributed by atoms with E-state index in [9.17, 15) is 8.78 Å². The lowest BCUT2D eigenvalue weighted by molar-refractivity contribution is 0.415. The fourth-order valence-electron chi connectivity index (χ4n) is 2.19. The van der Waals surface area contributed by atoms with Crippen LogP contribution in [0.3, 0.4) is 0 Å². The highest BCUT2D eigenvalue weighted by Gasteiger charge is 2.16. The second-order valence-electron chi connectivity index (χ2n) is 4.37. The molecule has 7 heteroatoms. The number of ether oxygens (including phenoxy) is 1. The monoisotopic (exact) mass is 370 g/mol. The standard InChI is InChI=1S/C14H9BrF2N2OS/c1-20-8-2-3-12-11(6-8)18-14(21)19(12)13-9(16)4-7(15)5-10(13)17/h2-6H,1H3,(H,18,21). The summed E-state index contributed by atoms with van der Waals surface area (Å²) >= 11 is 8.25. The van der Waals surface area contributed by atoms with Gasteiger partial charge < -0.3 is 9.72 Å². The van der Waals surface area contributed by atoms with Crippen LogP contribution in [-0.2, 0) is 0 Å². The Labute approximate surface area is 132 Å². The number of hydrogen-bond acceptors (Lipinski definition) is 2. The van der Waals surface area contributed by atoms with E-state index in [0.717, 1.165) is 0 Å². The Kier molecular flexibility index (Phi) is 3.54. The van der Waals surface area contributed by atoms with Crippen molar-refractivity contribution in [3.05, 3.63) is 51.2 Å². The van der Waals surface area contributed by atoms with E-state index in [2.05, 4.69) is 20.9 Å². The van der Waals surface area contributed by atoms with Gasteiger partial charge in [-0.3, -0.25) is 4.57 Å². The number of fused-ring (bicyclic) bond motifs is 1. The third-order valence-corrected chi connectivity index (χ3v) is 3.84. The van der Waals surface area contributed by atoms with Crippen molar-refractivity contribution in [3.8, 4) is 11.4 Å². The zero-order valence-corrected chi connectivity index (χ0v) is 13.2. The number of H-pyrrole nitrogens is 1. The van der Waals surface area contributed by atoms with Gasteiger partial charge in [0.1, 0.15) is 11.4 Å². The molecule has 0 atom stereocenters. The molecule has 0 aliphatic carbocycles. The molecule has 0 unspecified atom stereocenters. The van der Waals surface area contributed by atoms with Crippen LogP contribution in [0.2, 0.25) is 0 Å². The van der Waals surface area contributed by atoms with Gasteiger partial charge >= 0.3 is 0 Å². The summed E-state index contributed by atoms with van der Waals surface area (Å²) in [5.74, 6) is -0.771. The lowest BCUT2D eigenvalue weighted by Gasteiger charge is -2.08. The van der Waals surface area contributed by atoms with Crippen LogP contribution in [0.25, 0.3) is 16.7 Å². The zero-order valence-electron chi connectivity index (χ0n) is 10.8. The average Bonchev–Trinajstić information content (AvgIpc) is 2.73. The maximum Gasteiger partial charge on any atom is 0.182 e. The fraction of sp³-hybridized carbons (Fsp3) is 0.0714. The largest absolute Gasteiger partial charge is 0.497 e. The molecule has 0 aliphatic rings. The fourth-order valence-corrected chi connectivity index (χ4v) is 2.89. The molecule has 21 heavy (non-hydrogen) atoms. The SMILES string of the molecule is COc1ccc2c(c1)[nH]c(=S)n2-c1c(F)cc(Br)cc1F. The van der Waals surface area contributed by atoms with Crippen molar-refractivity contribution in [2.24, 2.45) is 0 Å². The summed E-state index contributed by atoms with van der Waals surface area (Å²) in [6.07, 6.45) is 0. The summed E-state index contributed by atoms with van der Waals surface area (Å²) in [6.45, 7) is 0. The van der Waals surface area contributed by atoms with Gasteiger partial charge in [-0.25, -0.2) is 8.78 Å². The molecule has 0 fully saturated rings. The normalized spacial score (nSPS) is 11.0. The Hall–Kier alpha value is -1.73. The van der Waals surface area contributed by atoms with Gasteiger partial charge in [0.15, 0.2) is 16.4 Å². The number of rotatable bonds is 2.